The summed E-state index contributed by atoms with van der Waals surface area (Å²) >= 11 is 0. The molecule has 0 radical (unpaired) electrons. The van der Waals surface area contributed by atoms with Gasteiger partial charge >= 0.3 is 0 Å². The predicted octanol–water partition coefficient (Wildman–Crippen LogP) is 14.9. The van der Waals surface area contributed by atoms with E-state index in [9.17, 15) is 0 Å². The highest BCUT2D eigenvalue weighted by atomic mass is 15.2. The first-order valence-corrected chi connectivity index (χ1v) is 19.1. The molecule has 0 saturated heterocycles. The smallest absolute Gasteiger partial charge is 0.0618 e. The molecule has 0 aliphatic carbocycles. The Morgan fingerprint density at radius 2 is 0.927 bits per heavy atom. The SMILES string of the molecule is CC1(C)c2ccccc2N(c2c(-c3ccc(N(c4ccccc4)c4ccccc4)cc3)ccc3ccccc23)c2ccc(-c3cccc4ccccc34)cc21. The maximum Gasteiger partial charge on any atom is 0.0618 e. The molecular weight excluding hydrogens is 665 g/mol. The van der Waals surface area contributed by atoms with Crippen LogP contribution >= 0.6 is 0 Å². The summed E-state index contributed by atoms with van der Waals surface area (Å²) < 4.78 is 0. The lowest BCUT2D eigenvalue weighted by molar-refractivity contribution is 0.632. The lowest BCUT2D eigenvalue weighted by Crippen LogP contribution is -2.31. The molecule has 2 heteroatoms. The van der Waals surface area contributed by atoms with Gasteiger partial charge < -0.3 is 9.80 Å². The lowest BCUT2D eigenvalue weighted by Gasteiger charge is -2.43. The average Bonchev–Trinajstić information content (AvgIpc) is 3.25. The second-order valence-electron chi connectivity index (χ2n) is 15.0. The zero-order valence-corrected chi connectivity index (χ0v) is 31.0. The summed E-state index contributed by atoms with van der Waals surface area (Å²) in [5.74, 6) is 0. The van der Waals surface area contributed by atoms with E-state index in [1.165, 1.54) is 72.0 Å². The van der Waals surface area contributed by atoms with E-state index in [4.69, 9.17) is 0 Å². The second kappa shape index (κ2) is 13.2. The minimum Gasteiger partial charge on any atom is -0.311 e. The first kappa shape index (κ1) is 32.7. The van der Waals surface area contributed by atoms with Gasteiger partial charge in [0.15, 0.2) is 0 Å². The van der Waals surface area contributed by atoms with Gasteiger partial charge in [0.25, 0.3) is 0 Å². The van der Waals surface area contributed by atoms with Gasteiger partial charge in [-0.1, -0.05) is 166 Å². The highest BCUT2D eigenvalue weighted by Gasteiger charge is 2.38. The third-order valence-electron chi connectivity index (χ3n) is 11.4. The Kier molecular flexibility index (Phi) is 7.85. The van der Waals surface area contributed by atoms with Gasteiger partial charge in [-0.15, -0.1) is 0 Å². The van der Waals surface area contributed by atoms with Crippen LogP contribution in [0.4, 0.5) is 34.1 Å². The third-order valence-corrected chi connectivity index (χ3v) is 11.4. The van der Waals surface area contributed by atoms with Crippen LogP contribution in [-0.4, -0.2) is 0 Å². The number of hydrogen-bond acceptors (Lipinski definition) is 2. The molecular formula is C53H40N2. The largest absolute Gasteiger partial charge is 0.311 e. The van der Waals surface area contributed by atoms with Gasteiger partial charge in [-0.3, -0.25) is 0 Å². The van der Waals surface area contributed by atoms with Crippen molar-refractivity contribution in [1.29, 1.82) is 0 Å². The first-order chi connectivity index (χ1) is 27.1. The molecule has 1 aliphatic heterocycles. The molecule has 0 amide bonds. The molecule has 0 unspecified atom stereocenters. The Bertz CT molecular complexity index is 2790. The summed E-state index contributed by atoms with van der Waals surface area (Å²) in [6.07, 6.45) is 0. The Hall–Kier alpha value is -6.90. The van der Waals surface area contributed by atoms with E-state index in [0.29, 0.717) is 0 Å². The van der Waals surface area contributed by atoms with Crippen LogP contribution in [0.15, 0.2) is 206 Å². The zero-order chi connectivity index (χ0) is 36.9. The van der Waals surface area contributed by atoms with Crippen LogP contribution in [0.2, 0.25) is 0 Å². The molecule has 0 aromatic heterocycles. The van der Waals surface area contributed by atoms with E-state index in [2.05, 4.69) is 230 Å². The minimum absolute atomic E-state index is 0.228. The molecule has 262 valence electrons. The molecule has 55 heavy (non-hydrogen) atoms. The van der Waals surface area contributed by atoms with E-state index < -0.39 is 0 Å². The molecule has 1 aliphatic rings. The summed E-state index contributed by atoms with van der Waals surface area (Å²) in [4.78, 5) is 4.85. The standard InChI is InChI=1S/C53H40N2/c1-53(2)48-26-13-14-27-50(48)55(51-35-31-40(36-49(51)53)45-25-15-18-37-16-9-11-23-44(37)45)52-46-24-12-10-17-38(46)30-34-47(52)39-28-32-43(33-29-39)54(41-19-5-3-6-20-41)42-21-7-4-8-22-42/h3-36H,1-2H3. The summed E-state index contributed by atoms with van der Waals surface area (Å²) in [5, 5.41) is 4.96. The average molecular weight is 705 g/mol. The number of nitrogens with zero attached hydrogens (tertiary/aromatic N) is 2. The van der Waals surface area contributed by atoms with Crippen LogP contribution in [0, 0.1) is 0 Å². The van der Waals surface area contributed by atoms with Crippen LogP contribution in [0.25, 0.3) is 43.8 Å². The summed E-state index contributed by atoms with van der Waals surface area (Å²) in [5.41, 5.74) is 14.2. The Labute approximate surface area is 323 Å². The highest BCUT2D eigenvalue weighted by molar-refractivity contribution is 6.08. The van der Waals surface area contributed by atoms with Gasteiger partial charge in [0.1, 0.15) is 0 Å². The van der Waals surface area contributed by atoms with Crippen molar-refractivity contribution in [2.24, 2.45) is 0 Å². The predicted molar refractivity (Wildman–Crippen MR) is 234 cm³/mol. The second-order valence-corrected chi connectivity index (χ2v) is 15.0. The number of fused-ring (bicyclic) bond motifs is 4. The molecule has 0 bridgehead atoms. The van der Waals surface area contributed by atoms with Crippen LogP contribution in [0.5, 0.6) is 0 Å². The van der Waals surface area contributed by atoms with Gasteiger partial charge in [-0.05, 0) is 98.6 Å². The van der Waals surface area contributed by atoms with Gasteiger partial charge in [0.05, 0.1) is 17.1 Å². The Morgan fingerprint density at radius 1 is 0.382 bits per heavy atom. The van der Waals surface area contributed by atoms with Crippen LogP contribution in [0.3, 0.4) is 0 Å². The van der Waals surface area contributed by atoms with Crippen LogP contribution in [-0.2, 0) is 5.41 Å². The van der Waals surface area contributed by atoms with Crippen molar-refractivity contribution in [3.8, 4) is 22.3 Å². The van der Waals surface area contributed by atoms with Crippen molar-refractivity contribution in [2.75, 3.05) is 9.80 Å². The van der Waals surface area contributed by atoms with Crippen molar-refractivity contribution in [3.05, 3.63) is 217 Å². The van der Waals surface area contributed by atoms with Crippen LogP contribution in [0.1, 0.15) is 25.0 Å². The minimum atomic E-state index is -0.228. The van der Waals surface area contributed by atoms with Gasteiger partial charge in [0, 0.05) is 33.4 Å². The molecule has 0 N–H and O–H groups in total. The maximum atomic E-state index is 2.54. The fourth-order valence-corrected chi connectivity index (χ4v) is 8.71. The number of para-hydroxylation sites is 3. The van der Waals surface area contributed by atoms with Crippen molar-refractivity contribution < 1.29 is 0 Å². The number of rotatable bonds is 6. The summed E-state index contributed by atoms with van der Waals surface area (Å²) in [6, 6.07) is 75.1. The molecule has 0 spiro atoms. The number of hydrogen-bond donors (Lipinski definition) is 0. The van der Waals surface area contributed by atoms with E-state index in [1.807, 2.05) is 0 Å². The van der Waals surface area contributed by atoms with Crippen LogP contribution < -0.4 is 9.80 Å². The first-order valence-electron chi connectivity index (χ1n) is 19.1. The zero-order valence-electron chi connectivity index (χ0n) is 31.0. The fraction of sp³-hybridized carbons (Fsp3) is 0.0566. The number of anilines is 6. The Morgan fingerprint density at radius 3 is 1.65 bits per heavy atom. The van der Waals surface area contributed by atoms with E-state index in [0.717, 1.165) is 17.1 Å². The van der Waals surface area contributed by atoms with Gasteiger partial charge in [0.2, 0.25) is 0 Å². The Balaban J connectivity index is 1.17. The van der Waals surface area contributed by atoms with E-state index in [1.54, 1.807) is 0 Å². The summed E-state index contributed by atoms with van der Waals surface area (Å²) in [6.45, 7) is 4.76. The molecule has 10 rings (SSSR count). The fourth-order valence-electron chi connectivity index (χ4n) is 8.71. The molecule has 0 fully saturated rings. The number of benzene rings is 9. The maximum absolute atomic E-state index is 2.54. The molecule has 9 aromatic carbocycles. The van der Waals surface area contributed by atoms with Crippen molar-refractivity contribution in [3.63, 3.8) is 0 Å². The van der Waals surface area contributed by atoms with Gasteiger partial charge in [-0.25, -0.2) is 0 Å². The van der Waals surface area contributed by atoms with E-state index >= 15 is 0 Å². The molecule has 0 atom stereocenters. The molecule has 9 aromatic rings. The normalized spacial score (nSPS) is 13.0. The van der Waals surface area contributed by atoms with E-state index in [-0.39, 0.29) is 5.41 Å². The molecule has 1 heterocycles. The molecule has 0 saturated carbocycles. The quantitative estimate of drug-likeness (QED) is 0.170. The lowest BCUT2D eigenvalue weighted by atomic mass is 9.72. The van der Waals surface area contributed by atoms with Crippen molar-refractivity contribution in [2.45, 2.75) is 19.3 Å². The van der Waals surface area contributed by atoms with Crippen molar-refractivity contribution >= 4 is 55.7 Å². The summed E-state index contributed by atoms with van der Waals surface area (Å²) in [7, 11) is 0. The van der Waals surface area contributed by atoms with Crippen molar-refractivity contribution in [1.82, 2.24) is 0 Å². The molecule has 2 nitrogen and oxygen atoms in total. The topological polar surface area (TPSA) is 6.48 Å². The van der Waals surface area contributed by atoms with Gasteiger partial charge in [-0.2, -0.15) is 0 Å². The highest BCUT2D eigenvalue weighted by Crippen LogP contribution is 2.55. The monoisotopic (exact) mass is 704 g/mol. The third kappa shape index (κ3) is 5.49.